The van der Waals surface area contributed by atoms with Crippen molar-refractivity contribution in [2.24, 2.45) is 11.8 Å². The average Bonchev–Trinajstić information content (AvgIpc) is 2.46. The summed E-state index contributed by atoms with van der Waals surface area (Å²) in [6.07, 6.45) is 2.27. The molecule has 0 saturated carbocycles. The normalized spacial score (nSPS) is 28.3. The molecule has 1 rings (SSSR count). The topological polar surface area (TPSA) is 30.5 Å². The highest BCUT2D eigenvalue weighted by atomic mass is 16.5. The number of hydrogen-bond acceptors (Lipinski definition) is 3. The van der Waals surface area contributed by atoms with E-state index >= 15 is 0 Å². The summed E-state index contributed by atoms with van der Waals surface area (Å²) in [5.41, 5.74) is -0.0601. The first kappa shape index (κ1) is 16.9. The summed E-state index contributed by atoms with van der Waals surface area (Å²) in [6.45, 7) is 15.2. The van der Waals surface area contributed by atoms with Crippen molar-refractivity contribution in [1.82, 2.24) is 5.32 Å². The molecule has 3 nitrogen and oxygen atoms in total. The van der Waals surface area contributed by atoms with E-state index in [0.717, 1.165) is 26.0 Å². The van der Waals surface area contributed by atoms with Gasteiger partial charge in [0.15, 0.2) is 0 Å². The molecule has 1 aliphatic heterocycles. The fourth-order valence-electron chi connectivity index (χ4n) is 3.67. The molecule has 3 atom stereocenters. The van der Waals surface area contributed by atoms with E-state index in [0.29, 0.717) is 17.9 Å². The van der Waals surface area contributed by atoms with Crippen molar-refractivity contribution in [1.29, 1.82) is 0 Å². The number of nitrogens with one attached hydrogen (secondary N) is 1. The summed E-state index contributed by atoms with van der Waals surface area (Å²) in [7, 11) is 1.78. The van der Waals surface area contributed by atoms with Crippen LogP contribution in [0.25, 0.3) is 0 Å². The Labute approximate surface area is 119 Å². The maximum Gasteiger partial charge on any atom is 0.0677 e. The Bertz CT molecular complexity index is 276. The van der Waals surface area contributed by atoms with Gasteiger partial charge in [-0.05, 0) is 53.0 Å². The van der Waals surface area contributed by atoms with Crippen LogP contribution in [0, 0.1) is 11.8 Å². The van der Waals surface area contributed by atoms with E-state index in [1.807, 2.05) is 0 Å². The summed E-state index contributed by atoms with van der Waals surface area (Å²) < 4.78 is 11.5. The van der Waals surface area contributed by atoms with Crippen molar-refractivity contribution in [2.45, 2.75) is 71.6 Å². The summed E-state index contributed by atoms with van der Waals surface area (Å²) in [5, 5.41) is 3.67. The molecule has 1 saturated heterocycles. The fourth-order valence-corrected chi connectivity index (χ4v) is 3.67. The lowest BCUT2D eigenvalue weighted by Crippen LogP contribution is -2.45. The van der Waals surface area contributed by atoms with E-state index in [9.17, 15) is 0 Å². The molecular formula is C16H33NO2. The van der Waals surface area contributed by atoms with E-state index in [1.54, 1.807) is 7.11 Å². The first-order valence-electron chi connectivity index (χ1n) is 7.64. The van der Waals surface area contributed by atoms with Gasteiger partial charge in [0.25, 0.3) is 0 Å². The van der Waals surface area contributed by atoms with Crippen LogP contribution < -0.4 is 5.32 Å². The Kier molecular flexibility index (Phi) is 5.84. The smallest absolute Gasteiger partial charge is 0.0677 e. The molecule has 1 fully saturated rings. The third kappa shape index (κ3) is 4.73. The predicted octanol–water partition coefficient (Wildman–Crippen LogP) is 3.23. The van der Waals surface area contributed by atoms with E-state index < -0.39 is 0 Å². The lowest BCUT2D eigenvalue weighted by molar-refractivity contribution is -0.0784. The minimum atomic E-state index is -0.0525. The van der Waals surface area contributed by atoms with Gasteiger partial charge < -0.3 is 14.8 Å². The summed E-state index contributed by atoms with van der Waals surface area (Å²) in [6, 6.07) is 0.506. The molecule has 0 amide bonds. The van der Waals surface area contributed by atoms with Crippen LogP contribution in [0.1, 0.15) is 54.4 Å². The van der Waals surface area contributed by atoms with Gasteiger partial charge in [0, 0.05) is 25.7 Å². The van der Waals surface area contributed by atoms with Gasteiger partial charge in [-0.1, -0.05) is 13.8 Å². The summed E-state index contributed by atoms with van der Waals surface area (Å²) in [5.74, 6) is 1.13. The quantitative estimate of drug-likeness (QED) is 0.771. The van der Waals surface area contributed by atoms with Crippen LogP contribution >= 0.6 is 0 Å². The van der Waals surface area contributed by atoms with Crippen LogP contribution in [0.3, 0.4) is 0 Å². The molecule has 0 aromatic heterocycles. The number of hydrogen-bond donors (Lipinski definition) is 1. The number of methoxy groups -OCH3 is 1. The molecule has 0 spiro atoms. The van der Waals surface area contributed by atoms with E-state index in [2.05, 4.69) is 46.9 Å². The van der Waals surface area contributed by atoms with Crippen molar-refractivity contribution in [3.05, 3.63) is 0 Å². The van der Waals surface area contributed by atoms with Gasteiger partial charge in [-0.2, -0.15) is 0 Å². The van der Waals surface area contributed by atoms with Gasteiger partial charge >= 0.3 is 0 Å². The summed E-state index contributed by atoms with van der Waals surface area (Å²) >= 11 is 0. The largest absolute Gasteiger partial charge is 0.384 e. The predicted molar refractivity (Wildman–Crippen MR) is 80.5 cm³/mol. The molecule has 0 aliphatic carbocycles. The highest BCUT2D eigenvalue weighted by Crippen LogP contribution is 2.44. The van der Waals surface area contributed by atoms with Crippen LogP contribution in [-0.2, 0) is 9.47 Å². The fraction of sp³-hybridized carbons (Fsp3) is 1.00. The van der Waals surface area contributed by atoms with Crippen molar-refractivity contribution in [3.8, 4) is 0 Å². The van der Waals surface area contributed by atoms with Gasteiger partial charge in [0.1, 0.15) is 0 Å². The molecule has 1 aliphatic rings. The van der Waals surface area contributed by atoms with Crippen molar-refractivity contribution in [3.63, 3.8) is 0 Å². The molecule has 3 unspecified atom stereocenters. The van der Waals surface area contributed by atoms with Crippen LogP contribution in [0.15, 0.2) is 0 Å². The Morgan fingerprint density at radius 1 is 1.32 bits per heavy atom. The highest BCUT2D eigenvalue weighted by Gasteiger charge is 2.48. The molecule has 1 heterocycles. The molecule has 0 radical (unpaired) electrons. The van der Waals surface area contributed by atoms with Crippen molar-refractivity contribution >= 4 is 0 Å². The highest BCUT2D eigenvalue weighted by molar-refractivity contribution is 4.99. The maximum atomic E-state index is 6.25. The van der Waals surface area contributed by atoms with Crippen molar-refractivity contribution in [2.75, 3.05) is 20.3 Å². The molecule has 3 heteroatoms. The van der Waals surface area contributed by atoms with Crippen LogP contribution in [0.5, 0.6) is 0 Å². The van der Waals surface area contributed by atoms with Gasteiger partial charge in [-0.15, -0.1) is 0 Å². The standard InChI is InChI=1S/C16H33NO2/c1-8-17-14(9-12(2)11-18-7)13-10-15(3,4)19-16(13,5)6/h12-14,17H,8-11H2,1-7H3. The van der Waals surface area contributed by atoms with Gasteiger partial charge in [-0.25, -0.2) is 0 Å². The second-order valence-corrected chi connectivity index (χ2v) is 7.24. The van der Waals surface area contributed by atoms with Gasteiger partial charge in [-0.3, -0.25) is 0 Å². The maximum absolute atomic E-state index is 6.25. The molecule has 1 N–H and O–H groups in total. The second-order valence-electron chi connectivity index (χ2n) is 7.24. The first-order valence-corrected chi connectivity index (χ1v) is 7.64. The van der Waals surface area contributed by atoms with E-state index in [-0.39, 0.29) is 11.2 Å². The minimum Gasteiger partial charge on any atom is -0.384 e. The SMILES string of the molecule is CCNC(CC(C)COC)C1CC(C)(C)OC1(C)C. The lowest BCUT2D eigenvalue weighted by atomic mass is 9.78. The van der Waals surface area contributed by atoms with E-state index in [1.165, 1.54) is 0 Å². The minimum absolute atomic E-state index is 0.00761. The Morgan fingerprint density at radius 2 is 1.95 bits per heavy atom. The summed E-state index contributed by atoms with van der Waals surface area (Å²) in [4.78, 5) is 0. The Hall–Kier alpha value is -0.120. The molecular weight excluding hydrogens is 238 g/mol. The zero-order chi connectivity index (χ0) is 14.7. The second kappa shape index (κ2) is 6.55. The van der Waals surface area contributed by atoms with Gasteiger partial charge in [0.2, 0.25) is 0 Å². The zero-order valence-electron chi connectivity index (χ0n) is 13.9. The van der Waals surface area contributed by atoms with Gasteiger partial charge in [0.05, 0.1) is 11.2 Å². The Morgan fingerprint density at radius 3 is 2.37 bits per heavy atom. The van der Waals surface area contributed by atoms with Crippen LogP contribution in [0.2, 0.25) is 0 Å². The molecule has 114 valence electrons. The average molecular weight is 271 g/mol. The number of ether oxygens (including phenoxy) is 2. The van der Waals surface area contributed by atoms with Crippen molar-refractivity contribution < 1.29 is 9.47 Å². The molecule has 0 aromatic rings. The zero-order valence-corrected chi connectivity index (χ0v) is 13.9. The number of rotatable bonds is 7. The third-order valence-corrected chi connectivity index (χ3v) is 4.20. The Balaban J connectivity index is 2.75. The monoisotopic (exact) mass is 271 g/mol. The third-order valence-electron chi connectivity index (χ3n) is 4.20. The first-order chi connectivity index (χ1) is 8.72. The molecule has 0 aromatic carbocycles. The molecule has 0 bridgehead atoms. The van der Waals surface area contributed by atoms with Crippen LogP contribution in [-0.4, -0.2) is 37.5 Å². The lowest BCUT2D eigenvalue weighted by Gasteiger charge is -2.34. The van der Waals surface area contributed by atoms with E-state index in [4.69, 9.17) is 9.47 Å². The molecule has 19 heavy (non-hydrogen) atoms. The van der Waals surface area contributed by atoms with Crippen LogP contribution in [0.4, 0.5) is 0 Å².